The van der Waals surface area contributed by atoms with Crippen molar-refractivity contribution in [1.82, 2.24) is 5.32 Å². The lowest BCUT2D eigenvalue weighted by atomic mass is 10.3. The molecule has 3 nitrogen and oxygen atoms in total. The highest BCUT2D eigenvalue weighted by Crippen LogP contribution is 2.19. The van der Waals surface area contributed by atoms with Gasteiger partial charge in [0.15, 0.2) is 0 Å². The Kier molecular flexibility index (Phi) is 5.19. The van der Waals surface area contributed by atoms with E-state index in [2.05, 4.69) is 17.2 Å². The molecule has 0 bridgehead atoms. The van der Waals surface area contributed by atoms with Gasteiger partial charge < -0.3 is 10.4 Å². The van der Waals surface area contributed by atoms with Crippen LogP contribution in [0.25, 0.3) is 0 Å². The van der Waals surface area contributed by atoms with Crippen LogP contribution >= 0.6 is 11.3 Å². The minimum atomic E-state index is -4.49. The number of alkyl halides is 3. The van der Waals surface area contributed by atoms with Gasteiger partial charge in [-0.1, -0.05) is 11.8 Å². The van der Waals surface area contributed by atoms with Crippen molar-refractivity contribution >= 4 is 17.2 Å². The molecule has 7 heteroatoms. The van der Waals surface area contributed by atoms with Crippen LogP contribution < -0.4 is 5.32 Å². The van der Waals surface area contributed by atoms with E-state index in [1.165, 1.54) is 11.3 Å². The van der Waals surface area contributed by atoms with Crippen LogP contribution in [0.5, 0.6) is 0 Å². The molecule has 1 aromatic heterocycles. The maximum Gasteiger partial charge on any atom is 0.397 e. The molecule has 0 atom stereocenters. The van der Waals surface area contributed by atoms with E-state index in [1.807, 2.05) is 0 Å². The molecule has 0 aliphatic heterocycles. The molecule has 0 saturated heterocycles. The van der Waals surface area contributed by atoms with E-state index in [0.717, 1.165) is 0 Å². The van der Waals surface area contributed by atoms with Crippen LogP contribution in [0.1, 0.15) is 16.2 Å². The second-order valence-corrected chi connectivity index (χ2v) is 4.46. The van der Waals surface area contributed by atoms with Crippen LogP contribution in [-0.2, 0) is 11.3 Å². The fraction of sp³-hybridized carbons (Fsp3) is 0.364. The molecule has 0 radical (unpaired) electrons. The van der Waals surface area contributed by atoms with Gasteiger partial charge in [-0.05, 0) is 12.1 Å². The summed E-state index contributed by atoms with van der Waals surface area (Å²) in [5, 5.41) is 10.7. The van der Waals surface area contributed by atoms with Gasteiger partial charge in [-0.25, -0.2) is 0 Å². The summed E-state index contributed by atoms with van der Waals surface area (Å²) in [6.07, 6.45) is -5.97. The molecular formula is C11H10F3NO2S. The lowest BCUT2D eigenvalue weighted by molar-refractivity contribution is -0.153. The average molecular weight is 277 g/mol. The highest BCUT2D eigenvalue weighted by molar-refractivity contribution is 7.12. The molecule has 0 spiro atoms. The SMILES string of the molecule is O=C(CC(F)(F)F)NCc1ccc(C#CCO)s1. The minimum Gasteiger partial charge on any atom is -0.384 e. The second-order valence-electron chi connectivity index (χ2n) is 3.29. The molecule has 0 saturated carbocycles. The quantitative estimate of drug-likeness (QED) is 0.826. The maximum absolute atomic E-state index is 11.9. The van der Waals surface area contributed by atoms with E-state index in [4.69, 9.17) is 5.11 Å². The highest BCUT2D eigenvalue weighted by Gasteiger charge is 2.30. The standard InChI is InChI=1S/C11H10F3NO2S/c12-11(13,14)6-10(17)15-7-9-4-3-8(18-9)2-1-5-16/h3-4,16H,5-7H2,(H,15,17). The van der Waals surface area contributed by atoms with Crippen molar-refractivity contribution in [3.8, 4) is 11.8 Å². The molecule has 98 valence electrons. The summed E-state index contributed by atoms with van der Waals surface area (Å²) in [6.45, 7) is -0.212. The Balaban J connectivity index is 2.44. The number of carbonyl (C=O) groups excluding carboxylic acids is 1. The van der Waals surface area contributed by atoms with Crippen molar-refractivity contribution in [2.75, 3.05) is 6.61 Å². The monoisotopic (exact) mass is 277 g/mol. The van der Waals surface area contributed by atoms with Crippen LogP contribution in [0.3, 0.4) is 0 Å². The number of thiophene rings is 1. The van der Waals surface area contributed by atoms with Crippen molar-refractivity contribution < 1.29 is 23.1 Å². The zero-order valence-corrected chi connectivity index (χ0v) is 9.99. The van der Waals surface area contributed by atoms with E-state index in [-0.39, 0.29) is 13.2 Å². The molecule has 0 aliphatic carbocycles. The van der Waals surface area contributed by atoms with Crippen molar-refractivity contribution in [2.24, 2.45) is 0 Å². The van der Waals surface area contributed by atoms with Crippen LogP contribution in [0, 0.1) is 11.8 Å². The van der Waals surface area contributed by atoms with Crippen LogP contribution in [0.2, 0.25) is 0 Å². The summed E-state index contributed by atoms with van der Waals surface area (Å²) < 4.78 is 35.6. The van der Waals surface area contributed by atoms with E-state index < -0.39 is 18.5 Å². The number of amides is 1. The Morgan fingerprint density at radius 3 is 2.78 bits per heavy atom. The Morgan fingerprint density at radius 1 is 1.44 bits per heavy atom. The van der Waals surface area contributed by atoms with Gasteiger partial charge in [-0.15, -0.1) is 11.3 Å². The molecular weight excluding hydrogens is 267 g/mol. The van der Waals surface area contributed by atoms with Crippen LogP contribution in [0.15, 0.2) is 12.1 Å². The lowest BCUT2D eigenvalue weighted by Gasteiger charge is -2.06. The van der Waals surface area contributed by atoms with Crippen LogP contribution in [-0.4, -0.2) is 23.8 Å². The van der Waals surface area contributed by atoms with Crippen molar-refractivity contribution in [2.45, 2.75) is 19.1 Å². The van der Waals surface area contributed by atoms with Gasteiger partial charge in [0.25, 0.3) is 0 Å². The van der Waals surface area contributed by atoms with Gasteiger partial charge >= 0.3 is 6.18 Å². The third kappa shape index (κ3) is 5.70. The predicted octanol–water partition coefficient (Wildman–Crippen LogP) is 1.66. The first-order valence-electron chi connectivity index (χ1n) is 4.92. The fourth-order valence-corrected chi connectivity index (χ4v) is 1.92. The fourth-order valence-electron chi connectivity index (χ4n) is 1.10. The molecule has 18 heavy (non-hydrogen) atoms. The highest BCUT2D eigenvalue weighted by atomic mass is 32.1. The van der Waals surface area contributed by atoms with Gasteiger partial charge in [0.2, 0.25) is 5.91 Å². The number of hydrogen-bond acceptors (Lipinski definition) is 3. The molecule has 1 heterocycles. The zero-order valence-electron chi connectivity index (χ0n) is 9.17. The van der Waals surface area contributed by atoms with Crippen molar-refractivity contribution in [1.29, 1.82) is 0 Å². The largest absolute Gasteiger partial charge is 0.397 e. The minimum absolute atomic E-state index is 0.0420. The van der Waals surface area contributed by atoms with Crippen LogP contribution in [0.4, 0.5) is 13.2 Å². The Morgan fingerprint density at radius 2 is 2.17 bits per heavy atom. The Labute approximate surface area is 106 Å². The molecule has 2 N–H and O–H groups in total. The van der Waals surface area contributed by atoms with Gasteiger partial charge in [0.05, 0.1) is 11.4 Å². The maximum atomic E-state index is 11.9. The second kappa shape index (κ2) is 6.42. The molecule has 1 amide bonds. The number of halogens is 3. The summed E-state index contributed by atoms with van der Waals surface area (Å²) in [7, 11) is 0. The number of aliphatic hydroxyl groups is 1. The number of rotatable bonds is 3. The molecule has 0 fully saturated rings. The Bertz CT molecular complexity index is 471. The third-order valence-corrected chi connectivity index (χ3v) is 2.77. The predicted molar refractivity (Wildman–Crippen MR) is 60.8 cm³/mol. The van der Waals surface area contributed by atoms with Crippen molar-refractivity contribution in [3.63, 3.8) is 0 Å². The summed E-state index contributed by atoms with van der Waals surface area (Å²) in [5.74, 6) is 4.06. The average Bonchev–Trinajstić information content (AvgIpc) is 2.69. The normalized spacial score (nSPS) is 10.7. The molecule has 1 rings (SSSR count). The van der Waals surface area contributed by atoms with Crippen molar-refractivity contribution in [3.05, 3.63) is 21.9 Å². The number of aliphatic hydroxyl groups excluding tert-OH is 1. The smallest absolute Gasteiger partial charge is 0.384 e. The summed E-state index contributed by atoms with van der Waals surface area (Å²) in [6, 6.07) is 3.35. The summed E-state index contributed by atoms with van der Waals surface area (Å²) >= 11 is 1.25. The molecule has 1 aromatic rings. The first-order valence-corrected chi connectivity index (χ1v) is 5.74. The summed E-state index contributed by atoms with van der Waals surface area (Å²) in [4.78, 5) is 12.3. The van der Waals surface area contributed by atoms with Gasteiger partial charge in [0.1, 0.15) is 13.0 Å². The van der Waals surface area contributed by atoms with Gasteiger partial charge in [-0.3, -0.25) is 4.79 Å². The van der Waals surface area contributed by atoms with E-state index >= 15 is 0 Å². The molecule has 0 unspecified atom stereocenters. The number of nitrogens with one attached hydrogen (secondary N) is 1. The Hall–Kier alpha value is -1.52. The van der Waals surface area contributed by atoms with Gasteiger partial charge in [-0.2, -0.15) is 13.2 Å². The number of hydrogen-bond donors (Lipinski definition) is 2. The first-order chi connectivity index (χ1) is 8.40. The lowest BCUT2D eigenvalue weighted by Crippen LogP contribution is -2.27. The topological polar surface area (TPSA) is 49.3 Å². The molecule has 0 aromatic carbocycles. The van der Waals surface area contributed by atoms with Gasteiger partial charge in [0, 0.05) is 4.88 Å². The zero-order chi connectivity index (χ0) is 13.6. The third-order valence-electron chi connectivity index (χ3n) is 1.77. The van der Waals surface area contributed by atoms with E-state index in [1.54, 1.807) is 12.1 Å². The van der Waals surface area contributed by atoms with E-state index in [9.17, 15) is 18.0 Å². The molecule has 0 aliphatic rings. The van der Waals surface area contributed by atoms with E-state index in [0.29, 0.717) is 9.75 Å². The summed E-state index contributed by atoms with van der Waals surface area (Å²) in [5.41, 5.74) is 0. The number of carbonyl (C=O) groups is 1. The first kappa shape index (κ1) is 14.5.